The van der Waals surface area contributed by atoms with E-state index in [2.05, 4.69) is 10.1 Å². The van der Waals surface area contributed by atoms with Gasteiger partial charge in [-0.05, 0) is 13.0 Å². The smallest absolute Gasteiger partial charge is 0.357 e. The van der Waals surface area contributed by atoms with Crippen molar-refractivity contribution in [3.63, 3.8) is 0 Å². The number of carbonyl (C=O) groups excluding carboxylic acids is 1. The first kappa shape index (κ1) is 15.9. The summed E-state index contributed by atoms with van der Waals surface area (Å²) in [6, 6.07) is 10.7. The number of hydrogen-bond donors (Lipinski definition) is 1. The Morgan fingerprint density at radius 3 is 2.71 bits per heavy atom. The molecular formula is C16H13N3O4S. The first-order valence-corrected chi connectivity index (χ1v) is 8.00. The van der Waals surface area contributed by atoms with E-state index in [1.54, 1.807) is 6.92 Å². The molecule has 0 bridgehead atoms. The quantitative estimate of drug-likeness (QED) is 0.716. The second kappa shape index (κ2) is 6.63. The molecule has 0 aliphatic heterocycles. The fraction of sp³-hybridized carbons (Fsp3) is 0.125. The molecule has 0 saturated carbocycles. The number of hydrogen-bond acceptors (Lipinski definition) is 6. The molecule has 24 heavy (non-hydrogen) atoms. The van der Waals surface area contributed by atoms with E-state index in [4.69, 9.17) is 4.74 Å². The number of carboxylic acid groups (broad SMARTS) is 1. The Morgan fingerprint density at radius 2 is 2.04 bits per heavy atom. The normalized spacial score (nSPS) is 10.5. The van der Waals surface area contributed by atoms with Gasteiger partial charge < -0.3 is 9.84 Å². The van der Waals surface area contributed by atoms with Crippen molar-refractivity contribution in [2.75, 3.05) is 6.61 Å². The van der Waals surface area contributed by atoms with Crippen LogP contribution in [-0.2, 0) is 4.74 Å². The zero-order chi connectivity index (χ0) is 17.1. The van der Waals surface area contributed by atoms with Crippen LogP contribution in [0.25, 0.3) is 16.4 Å². The van der Waals surface area contributed by atoms with Gasteiger partial charge in [-0.2, -0.15) is 9.78 Å². The summed E-state index contributed by atoms with van der Waals surface area (Å²) in [7, 11) is 0. The van der Waals surface area contributed by atoms with E-state index in [9.17, 15) is 14.7 Å². The average Bonchev–Trinajstić information content (AvgIpc) is 3.23. The van der Waals surface area contributed by atoms with Crippen molar-refractivity contribution in [2.45, 2.75) is 6.92 Å². The molecule has 2 heterocycles. The summed E-state index contributed by atoms with van der Waals surface area (Å²) in [5.74, 6) is -1.68. The van der Waals surface area contributed by atoms with Crippen molar-refractivity contribution in [1.29, 1.82) is 0 Å². The Labute approximate surface area is 141 Å². The summed E-state index contributed by atoms with van der Waals surface area (Å²) in [4.78, 5) is 27.3. The number of esters is 1. The lowest BCUT2D eigenvalue weighted by molar-refractivity contribution is 0.0520. The number of carboxylic acids is 1. The van der Waals surface area contributed by atoms with Crippen LogP contribution in [0, 0.1) is 0 Å². The number of aromatic carboxylic acids is 1. The fourth-order valence-electron chi connectivity index (χ4n) is 2.09. The van der Waals surface area contributed by atoms with Gasteiger partial charge in [0, 0.05) is 10.9 Å². The van der Waals surface area contributed by atoms with Crippen LogP contribution in [0.4, 0.5) is 0 Å². The molecule has 0 aliphatic rings. The molecule has 2 aromatic heterocycles. The standard InChI is InChI=1S/C16H13N3O4S/c1-2-23-15(22)12-9-24-16(17-12)19-13(14(20)21)8-11(18-19)10-6-4-3-5-7-10/h3-9H,2H2,1H3,(H,20,21). The highest BCUT2D eigenvalue weighted by atomic mass is 32.1. The molecule has 7 nitrogen and oxygen atoms in total. The molecule has 1 aromatic carbocycles. The maximum absolute atomic E-state index is 11.7. The molecule has 0 aliphatic carbocycles. The number of thiazole rings is 1. The molecule has 1 N–H and O–H groups in total. The molecule has 3 rings (SSSR count). The Bertz CT molecular complexity index is 886. The van der Waals surface area contributed by atoms with Crippen molar-refractivity contribution in [3.05, 3.63) is 53.2 Å². The number of aromatic nitrogens is 3. The third-order valence-electron chi connectivity index (χ3n) is 3.16. The highest BCUT2D eigenvalue weighted by Crippen LogP contribution is 2.23. The Kier molecular flexibility index (Phi) is 4.39. The van der Waals surface area contributed by atoms with E-state index in [0.29, 0.717) is 5.69 Å². The van der Waals surface area contributed by atoms with Crippen LogP contribution in [0.15, 0.2) is 41.8 Å². The summed E-state index contributed by atoms with van der Waals surface area (Å²) in [6.45, 7) is 1.94. The molecule has 0 fully saturated rings. The Balaban J connectivity index is 2.03. The Hall–Kier alpha value is -3.00. The summed E-state index contributed by atoms with van der Waals surface area (Å²) in [6.07, 6.45) is 0. The minimum Gasteiger partial charge on any atom is -0.477 e. The van der Waals surface area contributed by atoms with Crippen molar-refractivity contribution < 1.29 is 19.4 Å². The maximum atomic E-state index is 11.7. The first-order valence-electron chi connectivity index (χ1n) is 7.12. The van der Waals surface area contributed by atoms with Crippen LogP contribution < -0.4 is 0 Å². The van der Waals surface area contributed by atoms with Crippen molar-refractivity contribution >= 4 is 23.3 Å². The average molecular weight is 343 g/mol. The third-order valence-corrected chi connectivity index (χ3v) is 3.97. The molecule has 122 valence electrons. The molecular weight excluding hydrogens is 330 g/mol. The van der Waals surface area contributed by atoms with Crippen LogP contribution in [0.3, 0.4) is 0 Å². The molecule has 0 unspecified atom stereocenters. The van der Waals surface area contributed by atoms with Gasteiger partial charge in [-0.1, -0.05) is 30.3 Å². The van der Waals surface area contributed by atoms with Gasteiger partial charge in [-0.3, -0.25) is 0 Å². The highest BCUT2D eigenvalue weighted by molar-refractivity contribution is 7.12. The maximum Gasteiger partial charge on any atom is 0.357 e. The second-order valence-electron chi connectivity index (χ2n) is 4.73. The van der Waals surface area contributed by atoms with E-state index in [1.165, 1.54) is 16.1 Å². The van der Waals surface area contributed by atoms with Crippen LogP contribution in [0.5, 0.6) is 0 Å². The summed E-state index contributed by atoms with van der Waals surface area (Å²) in [5, 5.41) is 15.5. The number of nitrogens with zero attached hydrogens (tertiary/aromatic N) is 3. The third kappa shape index (κ3) is 3.04. The lowest BCUT2D eigenvalue weighted by Gasteiger charge is -1.99. The minimum atomic E-state index is -1.13. The van der Waals surface area contributed by atoms with Crippen LogP contribution in [0.1, 0.15) is 27.9 Å². The van der Waals surface area contributed by atoms with Gasteiger partial charge in [0.05, 0.1) is 12.3 Å². The van der Waals surface area contributed by atoms with Crippen LogP contribution in [0.2, 0.25) is 0 Å². The summed E-state index contributed by atoms with van der Waals surface area (Å²) < 4.78 is 6.11. The van der Waals surface area contributed by atoms with Crippen molar-refractivity contribution in [1.82, 2.24) is 14.8 Å². The topological polar surface area (TPSA) is 94.3 Å². The highest BCUT2D eigenvalue weighted by Gasteiger charge is 2.20. The van der Waals surface area contributed by atoms with Gasteiger partial charge in [0.2, 0.25) is 5.13 Å². The van der Waals surface area contributed by atoms with E-state index < -0.39 is 11.9 Å². The zero-order valence-corrected chi connectivity index (χ0v) is 13.5. The predicted molar refractivity (Wildman–Crippen MR) is 87.6 cm³/mol. The van der Waals surface area contributed by atoms with Crippen LogP contribution in [-0.4, -0.2) is 38.4 Å². The minimum absolute atomic E-state index is 0.0291. The van der Waals surface area contributed by atoms with Crippen molar-refractivity contribution in [2.24, 2.45) is 0 Å². The van der Waals surface area contributed by atoms with E-state index >= 15 is 0 Å². The van der Waals surface area contributed by atoms with Gasteiger partial charge in [-0.25, -0.2) is 14.6 Å². The van der Waals surface area contributed by atoms with E-state index in [-0.39, 0.29) is 23.1 Å². The summed E-state index contributed by atoms with van der Waals surface area (Å²) >= 11 is 1.12. The first-order chi connectivity index (χ1) is 11.6. The lowest BCUT2D eigenvalue weighted by atomic mass is 10.1. The molecule has 0 radical (unpaired) electrons. The SMILES string of the molecule is CCOC(=O)c1csc(-n2nc(-c3ccccc3)cc2C(=O)O)n1. The lowest BCUT2D eigenvalue weighted by Crippen LogP contribution is -2.09. The molecule has 0 spiro atoms. The predicted octanol–water partition coefficient (Wildman–Crippen LogP) is 2.87. The van der Waals surface area contributed by atoms with Gasteiger partial charge in [0.25, 0.3) is 0 Å². The van der Waals surface area contributed by atoms with Gasteiger partial charge in [-0.15, -0.1) is 11.3 Å². The molecule has 3 aromatic rings. The summed E-state index contributed by atoms with van der Waals surface area (Å²) in [5.41, 5.74) is 1.41. The second-order valence-corrected chi connectivity index (χ2v) is 5.57. The van der Waals surface area contributed by atoms with Crippen molar-refractivity contribution in [3.8, 4) is 16.4 Å². The molecule has 0 atom stereocenters. The number of benzene rings is 1. The largest absolute Gasteiger partial charge is 0.477 e. The Morgan fingerprint density at radius 1 is 1.29 bits per heavy atom. The van der Waals surface area contributed by atoms with Gasteiger partial charge in [0.1, 0.15) is 0 Å². The van der Waals surface area contributed by atoms with Gasteiger partial charge >= 0.3 is 11.9 Å². The molecule has 0 saturated heterocycles. The number of carbonyl (C=O) groups is 2. The monoisotopic (exact) mass is 343 g/mol. The van der Waals surface area contributed by atoms with Crippen LogP contribution >= 0.6 is 11.3 Å². The van der Waals surface area contributed by atoms with E-state index in [0.717, 1.165) is 16.9 Å². The zero-order valence-electron chi connectivity index (χ0n) is 12.7. The number of rotatable bonds is 5. The van der Waals surface area contributed by atoms with E-state index in [1.807, 2.05) is 30.3 Å². The molecule has 0 amide bonds. The van der Waals surface area contributed by atoms with Gasteiger partial charge in [0.15, 0.2) is 11.4 Å². The molecule has 8 heteroatoms. The fourth-order valence-corrected chi connectivity index (χ4v) is 2.85. The number of ether oxygens (including phenoxy) is 1.